The predicted molar refractivity (Wildman–Crippen MR) is 101 cm³/mol. The molecule has 2 rings (SSSR count). The van der Waals surface area contributed by atoms with Crippen LogP contribution in [0, 0.1) is 0 Å². The average Bonchev–Trinajstić information content (AvgIpc) is 2.49. The van der Waals surface area contributed by atoms with Gasteiger partial charge in [0.15, 0.2) is 0 Å². The van der Waals surface area contributed by atoms with E-state index in [1.54, 1.807) is 0 Å². The lowest BCUT2D eigenvalue weighted by Gasteiger charge is -2.26. The molecule has 0 radical (unpaired) electrons. The first-order valence-corrected chi connectivity index (χ1v) is 7.94. The number of amides is 1. The van der Waals surface area contributed by atoms with Gasteiger partial charge >= 0.3 is 0 Å². The Labute approximate surface area is 152 Å². The minimum Gasteiger partial charge on any atom is -0.355 e. The maximum Gasteiger partial charge on any atom is 0.234 e. The second-order valence-corrected chi connectivity index (χ2v) is 6.02. The van der Waals surface area contributed by atoms with E-state index in [9.17, 15) is 4.79 Å². The Bertz CT molecular complexity index is 446. The zero-order valence-electron chi connectivity index (χ0n) is 14.0. The third-order valence-electron chi connectivity index (χ3n) is 3.96. The van der Waals surface area contributed by atoms with Crippen LogP contribution < -0.4 is 10.6 Å². The number of piperazine rings is 1. The fourth-order valence-electron chi connectivity index (χ4n) is 2.54. The van der Waals surface area contributed by atoms with E-state index in [4.69, 9.17) is 0 Å². The van der Waals surface area contributed by atoms with Gasteiger partial charge in [-0.1, -0.05) is 38.1 Å². The molecule has 23 heavy (non-hydrogen) atoms. The molecule has 1 amide bonds. The summed E-state index contributed by atoms with van der Waals surface area (Å²) in [5.41, 5.74) is 2.64. The molecule has 4 nitrogen and oxygen atoms in total. The SMILES string of the molecule is CC(C)c1ccc(CCNC(=O)CN2CCNCC2)cc1.Cl.Cl. The molecule has 6 heteroatoms. The molecule has 1 aromatic carbocycles. The third-order valence-corrected chi connectivity index (χ3v) is 3.96. The van der Waals surface area contributed by atoms with Crippen molar-refractivity contribution in [2.75, 3.05) is 39.3 Å². The number of hydrogen-bond donors (Lipinski definition) is 2. The minimum atomic E-state index is 0. The minimum absolute atomic E-state index is 0. The number of rotatable bonds is 6. The van der Waals surface area contributed by atoms with E-state index in [2.05, 4.69) is 53.6 Å². The number of carbonyl (C=O) groups excluding carboxylic acids is 1. The van der Waals surface area contributed by atoms with Gasteiger partial charge < -0.3 is 10.6 Å². The van der Waals surface area contributed by atoms with Crippen molar-refractivity contribution in [3.8, 4) is 0 Å². The zero-order chi connectivity index (χ0) is 15.1. The van der Waals surface area contributed by atoms with E-state index in [-0.39, 0.29) is 30.7 Å². The number of nitrogens with one attached hydrogen (secondary N) is 2. The Morgan fingerprint density at radius 2 is 1.78 bits per heavy atom. The van der Waals surface area contributed by atoms with Crippen LogP contribution in [0.5, 0.6) is 0 Å². The van der Waals surface area contributed by atoms with Crippen LogP contribution in [-0.2, 0) is 11.2 Å². The van der Waals surface area contributed by atoms with E-state index in [1.165, 1.54) is 11.1 Å². The zero-order valence-corrected chi connectivity index (χ0v) is 15.6. The summed E-state index contributed by atoms with van der Waals surface area (Å²) in [6.07, 6.45) is 0.895. The molecule has 132 valence electrons. The van der Waals surface area contributed by atoms with Crippen molar-refractivity contribution in [3.05, 3.63) is 35.4 Å². The second kappa shape index (κ2) is 11.7. The Kier molecular flexibility index (Phi) is 11.3. The standard InChI is InChI=1S/C17H27N3O.2ClH/c1-14(2)16-5-3-15(4-6-16)7-8-19-17(21)13-20-11-9-18-10-12-20;;/h3-6,14,18H,7-13H2,1-2H3,(H,19,21);2*1H. The maximum absolute atomic E-state index is 11.9. The topological polar surface area (TPSA) is 44.4 Å². The van der Waals surface area contributed by atoms with Gasteiger partial charge in [-0.3, -0.25) is 9.69 Å². The lowest BCUT2D eigenvalue weighted by Crippen LogP contribution is -2.47. The summed E-state index contributed by atoms with van der Waals surface area (Å²) in [5, 5.41) is 6.31. The number of hydrogen-bond acceptors (Lipinski definition) is 3. The molecular formula is C17H29Cl2N3O. The van der Waals surface area contributed by atoms with Crippen LogP contribution in [-0.4, -0.2) is 50.1 Å². The summed E-state index contributed by atoms with van der Waals surface area (Å²) < 4.78 is 0. The quantitative estimate of drug-likeness (QED) is 0.816. The van der Waals surface area contributed by atoms with Gasteiger partial charge in [-0.05, 0) is 23.5 Å². The summed E-state index contributed by atoms with van der Waals surface area (Å²) in [6.45, 7) is 9.52. The summed E-state index contributed by atoms with van der Waals surface area (Å²) in [6, 6.07) is 8.70. The third kappa shape index (κ3) is 8.02. The summed E-state index contributed by atoms with van der Waals surface area (Å²) in [4.78, 5) is 14.1. The van der Waals surface area contributed by atoms with E-state index >= 15 is 0 Å². The number of nitrogens with zero attached hydrogens (tertiary/aromatic N) is 1. The number of halogens is 2. The Morgan fingerprint density at radius 1 is 1.17 bits per heavy atom. The second-order valence-electron chi connectivity index (χ2n) is 6.02. The van der Waals surface area contributed by atoms with Gasteiger partial charge in [-0.2, -0.15) is 0 Å². The van der Waals surface area contributed by atoms with Crippen LogP contribution in [0.2, 0.25) is 0 Å². The van der Waals surface area contributed by atoms with Gasteiger partial charge in [-0.25, -0.2) is 0 Å². The highest BCUT2D eigenvalue weighted by Gasteiger charge is 2.12. The van der Waals surface area contributed by atoms with Crippen molar-refractivity contribution < 1.29 is 4.79 Å². The van der Waals surface area contributed by atoms with Crippen molar-refractivity contribution >= 4 is 30.7 Å². The van der Waals surface area contributed by atoms with Crippen LogP contribution in [0.4, 0.5) is 0 Å². The lowest BCUT2D eigenvalue weighted by atomic mass is 10.0. The summed E-state index contributed by atoms with van der Waals surface area (Å²) in [7, 11) is 0. The van der Waals surface area contributed by atoms with Crippen molar-refractivity contribution in [1.29, 1.82) is 0 Å². The Balaban J connectivity index is 0.00000242. The van der Waals surface area contributed by atoms with E-state index in [0.29, 0.717) is 19.0 Å². The predicted octanol–water partition coefficient (Wildman–Crippen LogP) is 2.22. The molecule has 1 aliphatic rings. The fraction of sp³-hybridized carbons (Fsp3) is 0.588. The highest BCUT2D eigenvalue weighted by molar-refractivity contribution is 5.85. The van der Waals surface area contributed by atoms with Crippen LogP contribution in [0.15, 0.2) is 24.3 Å². The van der Waals surface area contributed by atoms with Crippen molar-refractivity contribution in [3.63, 3.8) is 0 Å². The van der Waals surface area contributed by atoms with Crippen molar-refractivity contribution in [2.24, 2.45) is 0 Å². The molecule has 1 heterocycles. The summed E-state index contributed by atoms with van der Waals surface area (Å²) >= 11 is 0. The molecule has 1 fully saturated rings. The van der Waals surface area contributed by atoms with Gasteiger partial charge in [0.05, 0.1) is 6.54 Å². The molecular weight excluding hydrogens is 333 g/mol. The normalized spacial score (nSPS) is 14.7. The molecule has 0 aromatic heterocycles. The van der Waals surface area contributed by atoms with Crippen LogP contribution >= 0.6 is 24.8 Å². The van der Waals surface area contributed by atoms with Gasteiger partial charge in [0.1, 0.15) is 0 Å². The highest BCUT2D eigenvalue weighted by atomic mass is 35.5. The largest absolute Gasteiger partial charge is 0.355 e. The summed E-state index contributed by atoms with van der Waals surface area (Å²) in [5.74, 6) is 0.702. The van der Waals surface area contributed by atoms with Gasteiger partial charge in [-0.15, -0.1) is 24.8 Å². The molecule has 0 saturated carbocycles. The number of benzene rings is 1. The molecule has 0 atom stereocenters. The molecule has 0 spiro atoms. The van der Waals surface area contributed by atoms with E-state index in [1.807, 2.05) is 0 Å². The molecule has 2 N–H and O–H groups in total. The Hall–Kier alpha value is -0.810. The first-order chi connectivity index (χ1) is 10.1. The van der Waals surface area contributed by atoms with Crippen LogP contribution in [0.1, 0.15) is 30.9 Å². The van der Waals surface area contributed by atoms with Gasteiger partial charge in [0, 0.05) is 32.7 Å². The lowest BCUT2D eigenvalue weighted by molar-refractivity contribution is -0.122. The van der Waals surface area contributed by atoms with Crippen molar-refractivity contribution in [1.82, 2.24) is 15.5 Å². The fourth-order valence-corrected chi connectivity index (χ4v) is 2.54. The molecule has 0 aliphatic carbocycles. The van der Waals surface area contributed by atoms with Crippen molar-refractivity contribution in [2.45, 2.75) is 26.2 Å². The molecule has 0 unspecified atom stereocenters. The van der Waals surface area contributed by atoms with Crippen LogP contribution in [0.3, 0.4) is 0 Å². The average molecular weight is 362 g/mol. The smallest absolute Gasteiger partial charge is 0.234 e. The number of carbonyl (C=O) groups is 1. The first kappa shape index (κ1) is 22.2. The van der Waals surface area contributed by atoms with Gasteiger partial charge in [0.2, 0.25) is 5.91 Å². The molecule has 1 aromatic rings. The van der Waals surface area contributed by atoms with Gasteiger partial charge in [0.25, 0.3) is 0 Å². The molecule has 0 bridgehead atoms. The monoisotopic (exact) mass is 361 g/mol. The highest BCUT2D eigenvalue weighted by Crippen LogP contribution is 2.14. The van der Waals surface area contributed by atoms with E-state index in [0.717, 1.165) is 32.6 Å². The first-order valence-electron chi connectivity index (χ1n) is 7.94. The molecule has 1 saturated heterocycles. The maximum atomic E-state index is 11.9. The Morgan fingerprint density at radius 3 is 2.35 bits per heavy atom. The van der Waals surface area contributed by atoms with E-state index < -0.39 is 0 Å². The molecule has 1 aliphatic heterocycles. The van der Waals surface area contributed by atoms with Crippen LogP contribution in [0.25, 0.3) is 0 Å².